The van der Waals surface area contributed by atoms with Crippen molar-refractivity contribution in [2.45, 2.75) is 63.8 Å². The lowest BCUT2D eigenvalue weighted by Gasteiger charge is -2.68. The van der Waals surface area contributed by atoms with E-state index in [1.165, 1.54) is 27.4 Å². The molecule has 0 saturated heterocycles. The Labute approximate surface area is 221 Å². The van der Waals surface area contributed by atoms with Gasteiger partial charge in [-0.15, -0.1) is 0 Å². The average molecular weight is 527 g/mol. The molecule has 2 aromatic rings. The number of carbonyl (C=O) groups is 1. The molecule has 1 aromatic heterocycles. The van der Waals surface area contributed by atoms with Gasteiger partial charge in [0.25, 0.3) is 0 Å². The molecular weight excluding hydrogens is 492 g/mol. The van der Waals surface area contributed by atoms with Crippen LogP contribution in [0, 0.1) is 10.8 Å². The van der Waals surface area contributed by atoms with Crippen molar-refractivity contribution in [1.82, 2.24) is 0 Å². The van der Waals surface area contributed by atoms with Crippen molar-refractivity contribution in [1.29, 1.82) is 0 Å². The number of ketones is 1. The van der Waals surface area contributed by atoms with Crippen molar-refractivity contribution in [3.05, 3.63) is 46.3 Å². The van der Waals surface area contributed by atoms with Gasteiger partial charge in [-0.1, -0.05) is 19.9 Å². The van der Waals surface area contributed by atoms with Crippen molar-refractivity contribution < 1.29 is 38.4 Å². The summed E-state index contributed by atoms with van der Waals surface area (Å²) in [5.74, 6) is 1.22. The lowest BCUT2D eigenvalue weighted by atomic mass is 9.41. The van der Waals surface area contributed by atoms with Crippen molar-refractivity contribution >= 4 is 5.78 Å². The number of hydrogen-bond donors (Lipinski definition) is 2. The lowest BCUT2D eigenvalue weighted by molar-refractivity contribution is -0.297. The quantitative estimate of drug-likeness (QED) is 0.616. The van der Waals surface area contributed by atoms with Gasteiger partial charge in [0.15, 0.2) is 17.3 Å². The van der Waals surface area contributed by atoms with Crippen LogP contribution < -0.4 is 24.6 Å². The minimum absolute atomic E-state index is 0.104. The molecule has 1 aromatic carbocycles. The molecule has 9 nitrogen and oxygen atoms in total. The van der Waals surface area contributed by atoms with Crippen molar-refractivity contribution in [3.8, 4) is 34.3 Å². The maximum Gasteiger partial charge on any atom is 0.343 e. The van der Waals surface area contributed by atoms with Crippen LogP contribution in [0.5, 0.6) is 23.0 Å². The first kappa shape index (κ1) is 26.3. The minimum atomic E-state index is -1.89. The number of rotatable bonds is 4. The van der Waals surface area contributed by atoms with Gasteiger partial charge in [0, 0.05) is 23.5 Å². The summed E-state index contributed by atoms with van der Waals surface area (Å²) in [4.78, 5) is 26.8. The van der Waals surface area contributed by atoms with Crippen LogP contribution in [0.1, 0.15) is 46.1 Å². The minimum Gasteiger partial charge on any atom is -0.493 e. The topological polar surface area (TPSA) is 125 Å². The Morgan fingerprint density at radius 1 is 0.868 bits per heavy atom. The molecule has 0 bridgehead atoms. The summed E-state index contributed by atoms with van der Waals surface area (Å²) in [5, 5.41) is 24.4. The molecule has 4 atom stereocenters. The van der Waals surface area contributed by atoms with E-state index in [-0.39, 0.29) is 36.3 Å². The molecule has 4 unspecified atom stereocenters. The number of fused-ring (bicyclic) bond motifs is 4. The van der Waals surface area contributed by atoms with Crippen LogP contribution in [-0.4, -0.2) is 54.1 Å². The van der Waals surface area contributed by atoms with Gasteiger partial charge < -0.3 is 33.6 Å². The van der Waals surface area contributed by atoms with E-state index in [1.54, 1.807) is 38.1 Å². The summed E-state index contributed by atoms with van der Waals surface area (Å²) >= 11 is 0. The molecule has 2 heterocycles. The van der Waals surface area contributed by atoms with Crippen LogP contribution in [0.15, 0.2) is 39.6 Å². The number of ether oxygens (including phenoxy) is 4. The maximum atomic E-state index is 13.5. The number of aliphatic hydroxyl groups is 2. The highest BCUT2D eigenvalue weighted by Crippen LogP contribution is 2.65. The van der Waals surface area contributed by atoms with Crippen LogP contribution in [0.3, 0.4) is 0 Å². The van der Waals surface area contributed by atoms with E-state index in [2.05, 4.69) is 0 Å². The first-order valence-electron chi connectivity index (χ1n) is 12.6. The monoisotopic (exact) mass is 526 g/mol. The first-order chi connectivity index (χ1) is 17.7. The van der Waals surface area contributed by atoms with Gasteiger partial charge in [0.2, 0.25) is 5.75 Å². The lowest BCUT2D eigenvalue weighted by Crippen LogP contribution is -2.81. The van der Waals surface area contributed by atoms with E-state index in [1.807, 2.05) is 13.8 Å². The van der Waals surface area contributed by atoms with E-state index >= 15 is 0 Å². The van der Waals surface area contributed by atoms with E-state index in [9.17, 15) is 19.8 Å². The SMILES string of the molecule is COc1cc(-c2cc3c(c(=O)o2)CC2(O)C(C)(CCC4(O)C(C)(C)C=CC(=O)C42C)O3)cc(OC)c1OC. The van der Waals surface area contributed by atoms with Gasteiger partial charge in [-0.2, -0.15) is 0 Å². The Bertz CT molecular complexity index is 1400. The van der Waals surface area contributed by atoms with E-state index < -0.39 is 39.0 Å². The number of benzene rings is 1. The van der Waals surface area contributed by atoms with Crippen LogP contribution >= 0.6 is 0 Å². The second kappa shape index (κ2) is 8.10. The molecule has 38 heavy (non-hydrogen) atoms. The summed E-state index contributed by atoms with van der Waals surface area (Å²) < 4.78 is 28.4. The Balaban J connectivity index is 1.66. The second-order valence-electron chi connectivity index (χ2n) is 11.4. The maximum absolute atomic E-state index is 13.5. The number of methoxy groups -OCH3 is 3. The Kier molecular flexibility index (Phi) is 5.61. The van der Waals surface area contributed by atoms with Gasteiger partial charge in [-0.3, -0.25) is 4.79 Å². The Hall–Kier alpha value is -3.30. The zero-order chi connectivity index (χ0) is 27.9. The predicted molar refractivity (Wildman–Crippen MR) is 138 cm³/mol. The highest BCUT2D eigenvalue weighted by atomic mass is 16.5. The van der Waals surface area contributed by atoms with Gasteiger partial charge >= 0.3 is 5.63 Å². The molecule has 5 rings (SSSR count). The van der Waals surface area contributed by atoms with Gasteiger partial charge in [-0.05, 0) is 44.9 Å². The summed E-state index contributed by atoms with van der Waals surface area (Å²) in [6, 6.07) is 4.91. The van der Waals surface area contributed by atoms with Crippen LogP contribution in [0.2, 0.25) is 0 Å². The largest absolute Gasteiger partial charge is 0.493 e. The molecule has 3 aliphatic rings. The zero-order valence-corrected chi connectivity index (χ0v) is 22.8. The van der Waals surface area contributed by atoms with E-state index in [0.29, 0.717) is 22.8 Å². The number of hydrogen-bond acceptors (Lipinski definition) is 9. The first-order valence-corrected chi connectivity index (χ1v) is 12.6. The smallest absolute Gasteiger partial charge is 0.343 e. The third-order valence-electron chi connectivity index (χ3n) is 9.43. The van der Waals surface area contributed by atoms with Gasteiger partial charge in [0.05, 0.1) is 37.9 Å². The van der Waals surface area contributed by atoms with Crippen molar-refractivity contribution in [3.63, 3.8) is 0 Å². The highest BCUT2D eigenvalue weighted by molar-refractivity contribution is 5.98. The molecule has 204 valence electrons. The second-order valence-corrected chi connectivity index (χ2v) is 11.4. The van der Waals surface area contributed by atoms with E-state index in [0.717, 1.165) is 0 Å². The Morgan fingerprint density at radius 2 is 1.50 bits per heavy atom. The molecule has 2 aliphatic carbocycles. The predicted octanol–water partition coefficient (Wildman–Crippen LogP) is 3.45. The van der Waals surface area contributed by atoms with E-state index in [4.69, 9.17) is 23.4 Å². The molecular formula is C29H34O9. The standard InChI is InChI=1S/C29H34O9/c1-25(2)9-8-22(30)27(4)28(25,32)11-10-26(3)29(27,33)15-17-19(38-26)14-18(37-24(17)31)16-12-20(34-5)23(36-7)21(13-16)35-6/h8-9,12-14,32-33H,10-11,15H2,1-7H3. The molecule has 0 spiro atoms. The van der Waals surface area contributed by atoms with Crippen LogP contribution in [-0.2, 0) is 11.2 Å². The Morgan fingerprint density at radius 3 is 2.08 bits per heavy atom. The normalized spacial score (nSPS) is 32.9. The third-order valence-corrected chi connectivity index (χ3v) is 9.43. The average Bonchev–Trinajstić information content (AvgIpc) is 2.88. The summed E-state index contributed by atoms with van der Waals surface area (Å²) in [5.41, 5.74) is -7.26. The third kappa shape index (κ3) is 3.06. The molecule has 0 amide bonds. The molecule has 0 radical (unpaired) electrons. The zero-order valence-electron chi connectivity index (χ0n) is 22.8. The molecule has 1 saturated carbocycles. The highest BCUT2D eigenvalue weighted by Gasteiger charge is 2.77. The molecule has 1 fully saturated rings. The fourth-order valence-corrected chi connectivity index (χ4v) is 6.82. The summed E-state index contributed by atoms with van der Waals surface area (Å²) in [7, 11) is 4.47. The van der Waals surface area contributed by atoms with Crippen LogP contribution in [0.4, 0.5) is 0 Å². The van der Waals surface area contributed by atoms with Gasteiger partial charge in [-0.25, -0.2) is 4.79 Å². The van der Waals surface area contributed by atoms with Crippen molar-refractivity contribution in [2.75, 3.05) is 21.3 Å². The molecule has 1 aliphatic heterocycles. The van der Waals surface area contributed by atoms with Gasteiger partial charge in [0.1, 0.15) is 22.7 Å². The molecule has 2 N–H and O–H groups in total. The number of allylic oxidation sites excluding steroid dienone is 1. The fraction of sp³-hybridized carbons (Fsp3) is 0.517. The van der Waals surface area contributed by atoms with Crippen molar-refractivity contribution in [2.24, 2.45) is 10.8 Å². The fourth-order valence-electron chi connectivity index (χ4n) is 6.82. The molecule has 9 heteroatoms. The van der Waals surface area contributed by atoms with Crippen LogP contribution in [0.25, 0.3) is 11.3 Å². The summed E-state index contributed by atoms with van der Waals surface area (Å²) in [6.07, 6.45) is 3.38. The number of carbonyl (C=O) groups excluding carboxylic acids is 1. The summed E-state index contributed by atoms with van der Waals surface area (Å²) in [6.45, 7) is 7.00.